The SMILES string of the molecule is Cc1nn(C)c(C)c1/C(O)=C1\C(=O)C(=O)N(CCCn2ccnc2)C1c1ccco1. The molecule has 0 aromatic carbocycles. The largest absolute Gasteiger partial charge is 0.507 e. The molecule has 0 bridgehead atoms. The molecule has 9 heteroatoms. The number of imidazole rings is 1. The highest BCUT2D eigenvalue weighted by Gasteiger charge is 2.47. The molecule has 1 fully saturated rings. The smallest absolute Gasteiger partial charge is 0.295 e. The Balaban J connectivity index is 1.74. The lowest BCUT2D eigenvalue weighted by atomic mass is 9.98. The maximum Gasteiger partial charge on any atom is 0.295 e. The molecule has 1 aliphatic rings. The molecule has 1 N–H and O–H groups in total. The highest BCUT2D eigenvalue weighted by atomic mass is 16.3. The molecule has 0 aliphatic carbocycles. The lowest BCUT2D eigenvalue weighted by Gasteiger charge is -2.23. The summed E-state index contributed by atoms with van der Waals surface area (Å²) in [6.45, 7) is 4.54. The molecule has 4 rings (SSSR count). The third-order valence-corrected chi connectivity index (χ3v) is 5.47. The van der Waals surface area contributed by atoms with Crippen molar-refractivity contribution in [2.45, 2.75) is 32.9 Å². The normalized spacial score (nSPS) is 18.5. The Hall–Kier alpha value is -3.62. The number of aliphatic hydroxyl groups is 1. The van der Waals surface area contributed by atoms with Crippen molar-refractivity contribution in [1.82, 2.24) is 24.2 Å². The molecule has 9 nitrogen and oxygen atoms in total. The van der Waals surface area contributed by atoms with Gasteiger partial charge in [-0.1, -0.05) is 0 Å². The highest BCUT2D eigenvalue weighted by molar-refractivity contribution is 6.46. The minimum Gasteiger partial charge on any atom is -0.507 e. The van der Waals surface area contributed by atoms with Gasteiger partial charge in [0.05, 0.1) is 29.4 Å². The van der Waals surface area contributed by atoms with Gasteiger partial charge in [-0.05, 0) is 32.4 Å². The lowest BCUT2D eigenvalue weighted by molar-refractivity contribution is -0.140. The third kappa shape index (κ3) is 3.22. The number of carbonyl (C=O) groups excluding carboxylic acids is 2. The van der Waals surface area contributed by atoms with Crippen molar-refractivity contribution in [3.05, 3.63) is 65.4 Å². The first-order valence-electron chi connectivity index (χ1n) is 9.68. The molecule has 3 aromatic heterocycles. The van der Waals surface area contributed by atoms with E-state index in [1.54, 1.807) is 50.2 Å². The molecule has 3 aromatic rings. The summed E-state index contributed by atoms with van der Waals surface area (Å²) >= 11 is 0. The van der Waals surface area contributed by atoms with Crippen LogP contribution in [0.2, 0.25) is 0 Å². The average Bonchev–Trinajstić information content (AvgIpc) is 3.48. The number of carbonyl (C=O) groups is 2. The molecule has 0 saturated carbocycles. The molecule has 156 valence electrons. The van der Waals surface area contributed by atoms with Crippen LogP contribution in [-0.4, -0.2) is 47.6 Å². The molecule has 1 atom stereocenters. The van der Waals surface area contributed by atoms with E-state index in [1.165, 1.54) is 11.2 Å². The second kappa shape index (κ2) is 7.66. The van der Waals surface area contributed by atoms with E-state index in [9.17, 15) is 14.7 Å². The van der Waals surface area contributed by atoms with Crippen molar-refractivity contribution in [1.29, 1.82) is 0 Å². The van der Waals surface area contributed by atoms with E-state index >= 15 is 0 Å². The van der Waals surface area contributed by atoms with E-state index < -0.39 is 17.7 Å². The van der Waals surface area contributed by atoms with Gasteiger partial charge in [0.25, 0.3) is 11.7 Å². The van der Waals surface area contributed by atoms with Gasteiger partial charge in [0, 0.05) is 38.2 Å². The maximum atomic E-state index is 13.0. The lowest BCUT2D eigenvalue weighted by Crippen LogP contribution is -2.31. The number of ketones is 1. The van der Waals surface area contributed by atoms with E-state index in [0.29, 0.717) is 42.2 Å². The maximum absolute atomic E-state index is 13.0. The van der Waals surface area contributed by atoms with E-state index in [-0.39, 0.29) is 11.3 Å². The summed E-state index contributed by atoms with van der Waals surface area (Å²) < 4.78 is 9.09. The zero-order valence-electron chi connectivity index (χ0n) is 17.1. The van der Waals surface area contributed by atoms with Crippen molar-refractivity contribution in [3.8, 4) is 0 Å². The summed E-state index contributed by atoms with van der Waals surface area (Å²) in [4.78, 5) is 31.3. The molecule has 1 unspecified atom stereocenters. The van der Waals surface area contributed by atoms with Gasteiger partial charge in [0.15, 0.2) is 0 Å². The topological polar surface area (TPSA) is 106 Å². The van der Waals surface area contributed by atoms with Crippen LogP contribution in [0.5, 0.6) is 0 Å². The monoisotopic (exact) mass is 409 g/mol. The van der Waals surface area contributed by atoms with Crippen LogP contribution in [0.4, 0.5) is 0 Å². The number of rotatable bonds is 6. The van der Waals surface area contributed by atoms with Gasteiger partial charge >= 0.3 is 0 Å². The van der Waals surface area contributed by atoms with Crippen molar-refractivity contribution < 1.29 is 19.1 Å². The van der Waals surface area contributed by atoms with Crippen LogP contribution >= 0.6 is 0 Å². The molecule has 0 spiro atoms. The fraction of sp³-hybridized carbons (Fsp3) is 0.333. The predicted molar refractivity (Wildman–Crippen MR) is 107 cm³/mol. The van der Waals surface area contributed by atoms with Gasteiger partial charge in [-0.25, -0.2) is 4.98 Å². The standard InChI is InChI=1S/C21H23N5O4/c1-13-16(14(2)24(3)23-13)19(27)17-18(15-6-4-11-30-15)26(21(29)20(17)28)9-5-8-25-10-7-22-12-25/h4,6-7,10-12,18,27H,5,8-9H2,1-3H3/b19-17+. The van der Waals surface area contributed by atoms with Crippen LogP contribution in [0.3, 0.4) is 0 Å². The first kappa shape index (κ1) is 19.7. The fourth-order valence-electron chi connectivity index (χ4n) is 3.95. The Morgan fingerprint density at radius 3 is 2.67 bits per heavy atom. The summed E-state index contributed by atoms with van der Waals surface area (Å²) in [7, 11) is 1.76. The van der Waals surface area contributed by atoms with Crippen molar-refractivity contribution in [2.24, 2.45) is 7.05 Å². The van der Waals surface area contributed by atoms with E-state index in [4.69, 9.17) is 4.42 Å². The number of likely N-dealkylation sites (tertiary alicyclic amines) is 1. The Kier molecular flexibility index (Phi) is 5.03. The van der Waals surface area contributed by atoms with Crippen molar-refractivity contribution in [2.75, 3.05) is 6.54 Å². The zero-order chi connectivity index (χ0) is 21.4. The summed E-state index contributed by atoms with van der Waals surface area (Å²) in [5.41, 5.74) is 1.77. The van der Waals surface area contributed by atoms with Crippen molar-refractivity contribution in [3.63, 3.8) is 0 Å². The Labute approximate surface area is 173 Å². The molecule has 1 saturated heterocycles. The zero-order valence-corrected chi connectivity index (χ0v) is 17.1. The first-order valence-corrected chi connectivity index (χ1v) is 9.68. The second-order valence-corrected chi connectivity index (χ2v) is 7.33. The number of hydrogen-bond donors (Lipinski definition) is 1. The summed E-state index contributed by atoms with van der Waals surface area (Å²) in [5.74, 6) is -1.17. The predicted octanol–water partition coefficient (Wildman–Crippen LogP) is 2.34. The van der Waals surface area contributed by atoms with E-state index in [2.05, 4.69) is 10.1 Å². The number of furan rings is 1. The average molecular weight is 409 g/mol. The number of aliphatic hydroxyl groups excluding tert-OH is 1. The Morgan fingerprint density at radius 2 is 2.07 bits per heavy atom. The molecular formula is C21H23N5O4. The van der Waals surface area contributed by atoms with Crippen molar-refractivity contribution >= 4 is 17.4 Å². The Morgan fingerprint density at radius 1 is 1.27 bits per heavy atom. The highest BCUT2D eigenvalue weighted by Crippen LogP contribution is 2.40. The summed E-state index contributed by atoms with van der Waals surface area (Å²) in [6, 6.07) is 2.61. The number of amides is 1. The first-order chi connectivity index (χ1) is 14.4. The van der Waals surface area contributed by atoms with E-state index in [1.807, 2.05) is 10.8 Å². The minimum atomic E-state index is -0.790. The fourth-order valence-corrected chi connectivity index (χ4v) is 3.95. The van der Waals surface area contributed by atoms with Gasteiger partial charge in [-0.2, -0.15) is 5.10 Å². The van der Waals surface area contributed by atoms with Gasteiger partial charge < -0.3 is 19.0 Å². The van der Waals surface area contributed by atoms with Crippen LogP contribution in [0.15, 0.2) is 47.1 Å². The number of hydrogen-bond acceptors (Lipinski definition) is 6. The molecule has 1 amide bonds. The van der Waals surface area contributed by atoms with Gasteiger partial charge in [0.2, 0.25) is 0 Å². The quantitative estimate of drug-likeness (QED) is 0.380. The molecule has 1 aliphatic heterocycles. The Bertz CT molecular complexity index is 1110. The number of nitrogens with zero attached hydrogens (tertiary/aromatic N) is 5. The molecule has 4 heterocycles. The van der Waals surface area contributed by atoms with Crippen LogP contribution in [0.1, 0.15) is 35.2 Å². The van der Waals surface area contributed by atoms with Crippen LogP contribution < -0.4 is 0 Å². The molecule has 30 heavy (non-hydrogen) atoms. The number of Topliss-reactive ketones (excluding diaryl/α,β-unsaturated/α-hetero) is 1. The minimum absolute atomic E-state index is 0.0248. The van der Waals surface area contributed by atoms with Crippen LogP contribution in [0, 0.1) is 13.8 Å². The second-order valence-electron chi connectivity index (χ2n) is 7.33. The van der Waals surface area contributed by atoms with Crippen LogP contribution in [0.25, 0.3) is 5.76 Å². The van der Waals surface area contributed by atoms with Gasteiger partial charge in [0.1, 0.15) is 17.6 Å². The van der Waals surface area contributed by atoms with Crippen LogP contribution in [-0.2, 0) is 23.2 Å². The molecule has 0 radical (unpaired) electrons. The van der Waals surface area contributed by atoms with E-state index in [0.717, 1.165) is 0 Å². The van der Waals surface area contributed by atoms with Gasteiger partial charge in [-0.15, -0.1) is 0 Å². The number of aromatic nitrogens is 4. The number of aryl methyl sites for hydroxylation is 3. The summed E-state index contributed by atoms with van der Waals surface area (Å²) in [5, 5.41) is 15.4. The third-order valence-electron chi connectivity index (χ3n) is 5.47. The summed E-state index contributed by atoms with van der Waals surface area (Å²) in [6.07, 6.45) is 7.33. The van der Waals surface area contributed by atoms with Gasteiger partial charge in [-0.3, -0.25) is 14.3 Å². The molecular weight excluding hydrogens is 386 g/mol.